The standard InChI is InChI=1S/C19H31NO2.C19H30O3.C13H18O3/c1-5-6-7-8-9-15-14-16(10-11-17(15)21)18(22)20-13-12-19(2,3)4;1-3-5-7-9-11-16-15-17(12-13-18(16)20)19(21)22-14-10-8-6-4-2;1-2-3-4-5-6-10-9-11(13(15)16)7-8-12(10)14/h10-11,14-15H,5-9,12-13H2,1-4H3,(H,20,22);12-13,15-16H,3-11,14H2,1-2H3;7-10H,2-6H2,1H3,(H,15,16). The number of carbonyl (C=O) groups excluding carboxylic acids is 5. The summed E-state index contributed by atoms with van der Waals surface area (Å²) in [7, 11) is 0. The molecule has 0 aromatic heterocycles. The van der Waals surface area contributed by atoms with Crippen molar-refractivity contribution in [2.24, 2.45) is 23.2 Å². The van der Waals surface area contributed by atoms with Crippen molar-refractivity contribution in [3.05, 3.63) is 71.4 Å². The molecule has 0 heterocycles. The summed E-state index contributed by atoms with van der Waals surface area (Å²) in [6, 6.07) is 0. The van der Waals surface area contributed by atoms with Crippen molar-refractivity contribution in [3.8, 4) is 0 Å². The van der Waals surface area contributed by atoms with Crippen molar-refractivity contribution in [2.75, 3.05) is 13.2 Å². The van der Waals surface area contributed by atoms with E-state index < -0.39 is 5.97 Å². The van der Waals surface area contributed by atoms with Crippen LogP contribution in [0.3, 0.4) is 0 Å². The zero-order valence-corrected chi connectivity index (χ0v) is 38.3. The lowest BCUT2D eigenvalue weighted by Gasteiger charge is -2.19. The number of unbranched alkanes of at least 4 members (excludes halogenated alkanes) is 12. The van der Waals surface area contributed by atoms with Gasteiger partial charge in [-0.15, -0.1) is 0 Å². The summed E-state index contributed by atoms with van der Waals surface area (Å²) < 4.78 is 5.28. The van der Waals surface area contributed by atoms with Gasteiger partial charge in [-0.3, -0.25) is 19.2 Å². The quantitative estimate of drug-likeness (QED) is 0.0683. The van der Waals surface area contributed by atoms with Gasteiger partial charge in [-0.05, 0) is 74.0 Å². The van der Waals surface area contributed by atoms with E-state index in [9.17, 15) is 28.8 Å². The van der Waals surface area contributed by atoms with E-state index in [1.54, 1.807) is 30.4 Å². The summed E-state index contributed by atoms with van der Waals surface area (Å²) in [5, 5.41) is 11.8. The number of carbonyl (C=O) groups is 6. The van der Waals surface area contributed by atoms with Crippen LogP contribution in [0, 0.1) is 23.2 Å². The van der Waals surface area contributed by atoms with E-state index in [1.165, 1.54) is 63.2 Å². The number of aliphatic carboxylic acids is 1. The van der Waals surface area contributed by atoms with Crippen molar-refractivity contribution in [1.82, 2.24) is 5.32 Å². The average Bonchev–Trinajstić information content (AvgIpc) is 3.21. The van der Waals surface area contributed by atoms with Crippen LogP contribution >= 0.6 is 0 Å². The third-order valence-electron chi connectivity index (χ3n) is 10.8. The fourth-order valence-corrected chi connectivity index (χ4v) is 6.86. The monoisotopic (exact) mass is 834 g/mol. The van der Waals surface area contributed by atoms with Gasteiger partial charge in [0.25, 0.3) is 5.91 Å². The van der Waals surface area contributed by atoms with E-state index in [4.69, 9.17) is 9.84 Å². The van der Waals surface area contributed by atoms with Crippen LogP contribution in [0.1, 0.15) is 177 Å². The highest BCUT2D eigenvalue weighted by Crippen LogP contribution is 2.24. The Morgan fingerprint density at radius 1 is 0.550 bits per heavy atom. The minimum atomic E-state index is -0.956. The highest BCUT2D eigenvalue weighted by molar-refractivity contribution is 6.04. The zero-order valence-electron chi connectivity index (χ0n) is 38.3. The summed E-state index contributed by atoms with van der Waals surface area (Å²) in [5.41, 5.74) is 1.62. The molecule has 0 aromatic carbocycles. The zero-order chi connectivity index (χ0) is 44.8. The number of ether oxygens (including phenoxy) is 1. The van der Waals surface area contributed by atoms with Gasteiger partial charge in [0, 0.05) is 29.9 Å². The normalized spacial score (nSPS) is 18.4. The molecule has 3 aliphatic carbocycles. The Labute approximate surface area is 362 Å². The van der Waals surface area contributed by atoms with E-state index in [2.05, 4.69) is 53.8 Å². The van der Waals surface area contributed by atoms with Gasteiger partial charge >= 0.3 is 11.9 Å². The molecular weight excluding hydrogens is 755 g/mol. The number of esters is 1. The van der Waals surface area contributed by atoms with Gasteiger partial charge in [0.2, 0.25) is 0 Å². The van der Waals surface area contributed by atoms with Crippen LogP contribution in [0.5, 0.6) is 0 Å². The number of hydrogen-bond donors (Lipinski definition) is 2. The molecule has 3 aliphatic rings. The van der Waals surface area contributed by atoms with Crippen LogP contribution in [0.2, 0.25) is 0 Å². The first-order valence-electron chi connectivity index (χ1n) is 23.2. The third kappa shape index (κ3) is 24.2. The number of allylic oxidation sites excluding steroid dienone is 6. The number of carboxylic acid groups (broad SMARTS) is 1. The van der Waals surface area contributed by atoms with Gasteiger partial charge in [-0.2, -0.15) is 0 Å². The number of ketones is 3. The number of hydrogen-bond acceptors (Lipinski definition) is 7. The first-order chi connectivity index (χ1) is 28.7. The molecule has 2 N–H and O–H groups in total. The summed E-state index contributed by atoms with van der Waals surface area (Å²) in [6.45, 7) is 16.2. The van der Waals surface area contributed by atoms with Gasteiger partial charge in [0.15, 0.2) is 17.3 Å². The highest BCUT2D eigenvalue weighted by atomic mass is 16.5. The van der Waals surface area contributed by atoms with Gasteiger partial charge in [0.1, 0.15) is 0 Å². The van der Waals surface area contributed by atoms with Crippen LogP contribution in [-0.4, -0.2) is 53.5 Å². The van der Waals surface area contributed by atoms with Crippen molar-refractivity contribution in [2.45, 2.75) is 177 Å². The number of carboxylic acids is 1. The number of amides is 1. The van der Waals surface area contributed by atoms with Crippen molar-refractivity contribution in [1.29, 1.82) is 0 Å². The second kappa shape index (κ2) is 31.7. The summed E-state index contributed by atoms with van der Waals surface area (Å²) >= 11 is 0. The molecule has 336 valence electrons. The van der Waals surface area contributed by atoms with Gasteiger partial charge in [-0.1, -0.05) is 163 Å². The Hall–Kier alpha value is -4.14. The van der Waals surface area contributed by atoms with Crippen LogP contribution in [0.15, 0.2) is 71.4 Å². The molecule has 60 heavy (non-hydrogen) atoms. The molecule has 3 rings (SSSR count). The highest BCUT2D eigenvalue weighted by Gasteiger charge is 2.23. The summed E-state index contributed by atoms with van der Waals surface area (Å²) in [4.78, 5) is 70.2. The molecule has 0 radical (unpaired) electrons. The van der Waals surface area contributed by atoms with Crippen LogP contribution in [-0.2, 0) is 33.5 Å². The molecule has 1 amide bonds. The molecule has 9 heteroatoms. The Morgan fingerprint density at radius 3 is 1.35 bits per heavy atom. The number of rotatable bonds is 25. The molecule has 9 nitrogen and oxygen atoms in total. The average molecular weight is 834 g/mol. The number of nitrogens with one attached hydrogen (secondary N) is 1. The Kier molecular flexibility index (Phi) is 28.5. The van der Waals surface area contributed by atoms with Crippen molar-refractivity contribution >= 4 is 35.2 Å². The fourth-order valence-electron chi connectivity index (χ4n) is 6.86. The molecule has 0 spiro atoms. The van der Waals surface area contributed by atoms with E-state index >= 15 is 0 Å². The topological polar surface area (TPSA) is 144 Å². The van der Waals surface area contributed by atoms with Crippen molar-refractivity contribution in [3.63, 3.8) is 0 Å². The van der Waals surface area contributed by atoms with Crippen molar-refractivity contribution < 1.29 is 38.6 Å². The van der Waals surface area contributed by atoms with E-state index in [0.717, 1.165) is 83.5 Å². The lowest BCUT2D eigenvalue weighted by atomic mass is 9.89. The molecule has 0 aliphatic heterocycles. The largest absolute Gasteiger partial charge is 0.478 e. The fraction of sp³-hybridized carbons (Fsp3) is 0.647. The lowest BCUT2D eigenvalue weighted by molar-refractivity contribution is -0.139. The van der Waals surface area contributed by atoms with E-state index in [1.807, 2.05) is 6.08 Å². The first-order valence-corrected chi connectivity index (χ1v) is 23.2. The predicted octanol–water partition coefficient (Wildman–Crippen LogP) is 11.7. The molecule has 3 unspecified atom stereocenters. The van der Waals surface area contributed by atoms with Crippen LogP contribution in [0.4, 0.5) is 0 Å². The summed E-state index contributed by atoms with van der Waals surface area (Å²) in [6.07, 6.45) is 35.7. The molecule has 0 saturated carbocycles. The predicted molar refractivity (Wildman–Crippen MR) is 243 cm³/mol. The van der Waals surface area contributed by atoms with E-state index in [0.29, 0.717) is 24.3 Å². The minimum Gasteiger partial charge on any atom is -0.478 e. The maximum atomic E-state index is 12.2. The van der Waals surface area contributed by atoms with E-state index in [-0.39, 0.29) is 58.0 Å². The first kappa shape index (κ1) is 53.9. The Balaban J connectivity index is 0.000000456. The lowest BCUT2D eigenvalue weighted by Crippen LogP contribution is -2.29. The molecule has 0 aromatic rings. The summed E-state index contributed by atoms with van der Waals surface area (Å²) in [5.74, 6) is -1.55. The second-order valence-corrected chi connectivity index (χ2v) is 17.5. The Bertz CT molecular complexity index is 1540. The molecular formula is C51H79NO8. The van der Waals surface area contributed by atoms with Crippen LogP contribution < -0.4 is 5.32 Å². The molecule has 0 fully saturated rings. The van der Waals surface area contributed by atoms with Gasteiger partial charge < -0.3 is 15.2 Å². The molecule has 3 atom stereocenters. The molecule has 0 bridgehead atoms. The van der Waals surface area contributed by atoms with Gasteiger partial charge in [0.05, 0.1) is 17.8 Å². The van der Waals surface area contributed by atoms with Crippen LogP contribution in [0.25, 0.3) is 0 Å². The SMILES string of the molecule is CCCCCCC1C=C(C(=O)NCCC(C)(C)C)C=CC1=O.CCCCCCC1C=C(C(=O)O)C=CC1=O.CCCCCCOC(=O)C1=CC(CCCCCC)C(=O)C=C1. The third-order valence-corrected chi connectivity index (χ3v) is 10.8. The maximum Gasteiger partial charge on any atom is 0.337 e. The Morgan fingerprint density at radius 2 is 0.933 bits per heavy atom. The maximum absolute atomic E-state index is 12.2. The van der Waals surface area contributed by atoms with Gasteiger partial charge in [-0.25, -0.2) is 9.59 Å². The smallest absolute Gasteiger partial charge is 0.337 e. The second-order valence-electron chi connectivity index (χ2n) is 17.5. The molecule has 0 saturated heterocycles. The minimum absolute atomic E-state index is 0.0292.